The lowest BCUT2D eigenvalue weighted by molar-refractivity contribution is 0.417. The molecule has 0 atom stereocenters. The molecule has 2 rings (SSSR count). The fraction of sp³-hybridized carbons (Fsp3) is 0.250. The summed E-state index contributed by atoms with van der Waals surface area (Å²) < 4.78 is 5.17. The normalized spacial score (nSPS) is 10.4. The lowest BCUT2D eigenvalue weighted by Crippen LogP contribution is -1.96. The van der Waals surface area contributed by atoms with Crippen LogP contribution in [0.3, 0.4) is 0 Å². The van der Waals surface area contributed by atoms with E-state index in [2.05, 4.69) is 38.1 Å². The molecule has 0 spiro atoms. The molecule has 0 radical (unpaired) electrons. The molecule has 0 saturated heterocycles. The molecular formula is C16H19NO. The Labute approximate surface area is 108 Å². The minimum absolute atomic E-state index is 0.695. The highest BCUT2D eigenvalue weighted by Crippen LogP contribution is 2.24. The maximum atomic E-state index is 5.93. The summed E-state index contributed by atoms with van der Waals surface area (Å²) in [5, 5.41) is 0. The van der Waals surface area contributed by atoms with Crippen molar-refractivity contribution in [3.63, 3.8) is 0 Å². The first-order valence-electron chi connectivity index (χ1n) is 6.08. The maximum Gasteiger partial charge on any atom is 0.141 e. The Balaban J connectivity index is 2.28. The van der Waals surface area contributed by atoms with E-state index in [-0.39, 0.29) is 0 Å². The zero-order chi connectivity index (χ0) is 13.1. The second-order valence-corrected chi connectivity index (χ2v) is 4.68. The molecule has 0 aliphatic rings. The number of benzene rings is 2. The minimum atomic E-state index is 0.695. The van der Waals surface area contributed by atoms with E-state index < -0.39 is 0 Å². The second-order valence-electron chi connectivity index (χ2n) is 4.68. The molecule has 0 saturated carbocycles. The van der Waals surface area contributed by atoms with Crippen molar-refractivity contribution in [3.8, 4) is 5.75 Å². The van der Waals surface area contributed by atoms with Crippen LogP contribution in [0.15, 0.2) is 36.4 Å². The van der Waals surface area contributed by atoms with Gasteiger partial charge in [-0.3, -0.25) is 0 Å². The van der Waals surface area contributed by atoms with Crippen LogP contribution in [-0.4, -0.2) is 7.11 Å². The van der Waals surface area contributed by atoms with Crippen molar-refractivity contribution in [1.82, 2.24) is 0 Å². The van der Waals surface area contributed by atoms with E-state index in [4.69, 9.17) is 10.5 Å². The minimum Gasteiger partial charge on any atom is -0.495 e. The summed E-state index contributed by atoms with van der Waals surface area (Å²) in [7, 11) is 1.63. The molecule has 0 fully saturated rings. The Bertz CT molecular complexity index is 561. The Morgan fingerprint density at radius 3 is 2.50 bits per heavy atom. The summed E-state index contributed by atoms with van der Waals surface area (Å²) in [6.07, 6.45) is 0.904. The van der Waals surface area contributed by atoms with E-state index in [1.165, 1.54) is 22.3 Å². The van der Waals surface area contributed by atoms with Gasteiger partial charge in [0.05, 0.1) is 12.8 Å². The second kappa shape index (κ2) is 5.13. The zero-order valence-corrected chi connectivity index (χ0v) is 11.2. The molecular weight excluding hydrogens is 222 g/mol. The monoisotopic (exact) mass is 241 g/mol. The van der Waals surface area contributed by atoms with Crippen molar-refractivity contribution in [2.75, 3.05) is 12.8 Å². The lowest BCUT2D eigenvalue weighted by atomic mass is 9.98. The molecule has 0 bridgehead atoms. The van der Waals surface area contributed by atoms with Gasteiger partial charge in [-0.1, -0.05) is 29.8 Å². The van der Waals surface area contributed by atoms with Crippen LogP contribution >= 0.6 is 0 Å². The number of nitrogens with two attached hydrogens (primary N) is 1. The van der Waals surface area contributed by atoms with Gasteiger partial charge in [-0.2, -0.15) is 0 Å². The number of methoxy groups -OCH3 is 1. The third kappa shape index (κ3) is 2.65. The van der Waals surface area contributed by atoms with Gasteiger partial charge in [-0.05, 0) is 49.1 Å². The van der Waals surface area contributed by atoms with Crippen LogP contribution in [-0.2, 0) is 6.42 Å². The average Bonchev–Trinajstić information content (AvgIpc) is 2.34. The fourth-order valence-electron chi connectivity index (χ4n) is 2.10. The van der Waals surface area contributed by atoms with Gasteiger partial charge in [0.15, 0.2) is 0 Å². The first-order chi connectivity index (χ1) is 8.60. The first-order valence-corrected chi connectivity index (χ1v) is 6.08. The van der Waals surface area contributed by atoms with Gasteiger partial charge in [0.2, 0.25) is 0 Å². The number of nitrogen functional groups attached to an aromatic ring is 1. The Hall–Kier alpha value is -1.96. The summed E-state index contributed by atoms with van der Waals surface area (Å²) in [6, 6.07) is 12.5. The van der Waals surface area contributed by atoms with Crippen molar-refractivity contribution in [2.24, 2.45) is 0 Å². The van der Waals surface area contributed by atoms with Crippen molar-refractivity contribution in [3.05, 3.63) is 58.7 Å². The van der Waals surface area contributed by atoms with Crippen LogP contribution in [0.2, 0.25) is 0 Å². The highest BCUT2D eigenvalue weighted by Gasteiger charge is 2.04. The summed E-state index contributed by atoms with van der Waals surface area (Å²) in [5.74, 6) is 0.736. The summed E-state index contributed by atoms with van der Waals surface area (Å²) in [4.78, 5) is 0. The lowest BCUT2D eigenvalue weighted by Gasteiger charge is -2.10. The highest BCUT2D eigenvalue weighted by molar-refractivity contribution is 5.55. The van der Waals surface area contributed by atoms with Crippen LogP contribution in [0, 0.1) is 13.8 Å². The molecule has 2 aromatic carbocycles. The summed E-state index contributed by atoms with van der Waals surface area (Å²) in [6.45, 7) is 4.26. The number of ether oxygens (including phenoxy) is 1. The van der Waals surface area contributed by atoms with Gasteiger partial charge < -0.3 is 10.5 Å². The van der Waals surface area contributed by atoms with Crippen molar-refractivity contribution in [1.29, 1.82) is 0 Å². The van der Waals surface area contributed by atoms with E-state index in [1.807, 2.05) is 12.1 Å². The molecule has 0 aliphatic carbocycles. The molecule has 94 valence electrons. The highest BCUT2D eigenvalue weighted by atomic mass is 16.5. The van der Waals surface area contributed by atoms with Gasteiger partial charge in [0, 0.05) is 0 Å². The maximum absolute atomic E-state index is 5.93. The number of hydrogen-bond donors (Lipinski definition) is 1. The van der Waals surface area contributed by atoms with E-state index in [9.17, 15) is 0 Å². The SMILES string of the molecule is COc1ccc(Cc2cc(C)ccc2C)cc1N. The van der Waals surface area contributed by atoms with E-state index >= 15 is 0 Å². The number of anilines is 1. The van der Waals surface area contributed by atoms with E-state index in [0.29, 0.717) is 5.69 Å². The smallest absolute Gasteiger partial charge is 0.141 e. The molecule has 2 heteroatoms. The average molecular weight is 241 g/mol. The number of aryl methyl sites for hydroxylation is 2. The number of rotatable bonds is 3. The molecule has 0 aliphatic heterocycles. The third-order valence-corrected chi connectivity index (χ3v) is 3.19. The number of hydrogen-bond acceptors (Lipinski definition) is 2. The molecule has 0 unspecified atom stereocenters. The summed E-state index contributed by atoms with van der Waals surface area (Å²) in [5.41, 5.74) is 11.8. The predicted molar refractivity (Wildman–Crippen MR) is 76.1 cm³/mol. The van der Waals surface area contributed by atoms with Crippen LogP contribution < -0.4 is 10.5 Å². The molecule has 0 aromatic heterocycles. The van der Waals surface area contributed by atoms with Crippen LogP contribution in [0.1, 0.15) is 22.3 Å². The van der Waals surface area contributed by atoms with Gasteiger partial charge in [-0.25, -0.2) is 0 Å². The van der Waals surface area contributed by atoms with Gasteiger partial charge in [0.25, 0.3) is 0 Å². The largest absolute Gasteiger partial charge is 0.495 e. The van der Waals surface area contributed by atoms with Crippen LogP contribution in [0.25, 0.3) is 0 Å². The summed E-state index contributed by atoms with van der Waals surface area (Å²) >= 11 is 0. The van der Waals surface area contributed by atoms with Crippen molar-refractivity contribution in [2.45, 2.75) is 20.3 Å². The van der Waals surface area contributed by atoms with E-state index in [1.54, 1.807) is 7.11 Å². The Kier molecular flexibility index (Phi) is 3.56. The van der Waals surface area contributed by atoms with Crippen molar-refractivity contribution < 1.29 is 4.74 Å². The molecule has 2 N–H and O–H groups in total. The molecule has 0 amide bonds. The van der Waals surface area contributed by atoms with E-state index in [0.717, 1.165) is 12.2 Å². The van der Waals surface area contributed by atoms with Crippen LogP contribution in [0.4, 0.5) is 5.69 Å². The van der Waals surface area contributed by atoms with Gasteiger partial charge >= 0.3 is 0 Å². The topological polar surface area (TPSA) is 35.2 Å². The van der Waals surface area contributed by atoms with Gasteiger partial charge in [0.1, 0.15) is 5.75 Å². The first kappa shape index (κ1) is 12.5. The van der Waals surface area contributed by atoms with Crippen molar-refractivity contribution >= 4 is 5.69 Å². The molecule has 0 heterocycles. The molecule has 18 heavy (non-hydrogen) atoms. The molecule has 2 aromatic rings. The predicted octanol–water partition coefficient (Wildman–Crippen LogP) is 3.49. The van der Waals surface area contributed by atoms with Crippen LogP contribution in [0.5, 0.6) is 5.75 Å². The fourth-order valence-corrected chi connectivity index (χ4v) is 2.10. The Morgan fingerprint density at radius 2 is 1.83 bits per heavy atom. The molecule has 2 nitrogen and oxygen atoms in total. The Morgan fingerprint density at radius 1 is 1.06 bits per heavy atom. The quantitative estimate of drug-likeness (QED) is 0.835. The standard InChI is InChI=1S/C16H19NO/c1-11-4-5-12(2)14(8-11)9-13-6-7-16(18-3)15(17)10-13/h4-8,10H,9,17H2,1-3H3. The zero-order valence-electron chi connectivity index (χ0n) is 11.2. The van der Waals surface area contributed by atoms with Gasteiger partial charge in [-0.15, -0.1) is 0 Å². The third-order valence-electron chi connectivity index (χ3n) is 3.19.